The zero-order chi connectivity index (χ0) is 41.9. The molecule has 2 saturated heterocycles. The molecule has 0 aromatic heterocycles. The number of ether oxygens (including phenoxy) is 10. The first-order chi connectivity index (χ1) is 26.2. The van der Waals surface area contributed by atoms with Crippen molar-refractivity contribution in [2.75, 3.05) is 13.2 Å². The van der Waals surface area contributed by atoms with Crippen LogP contribution in [-0.2, 0) is 81.0 Å². The van der Waals surface area contributed by atoms with Gasteiger partial charge < -0.3 is 58.0 Å². The van der Waals surface area contributed by atoms with Gasteiger partial charge in [-0.25, -0.2) is 4.79 Å². The second-order valence-corrected chi connectivity index (χ2v) is 12.5. The van der Waals surface area contributed by atoms with E-state index in [1.54, 1.807) is 0 Å². The van der Waals surface area contributed by atoms with Crippen LogP contribution in [-0.4, -0.2) is 128 Å². The highest BCUT2D eigenvalue weighted by Gasteiger charge is 2.53. The summed E-state index contributed by atoms with van der Waals surface area (Å²) in [5.74, 6) is -6.95. The fourth-order valence-electron chi connectivity index (χ4n) is 5.76. The lowest BCUT2D eigenvalue weighted by Gasteiger charge is -2.44. The van der Waals surface area contributed by atoms with Crippen LogP contribution in [0.3, 0.4) is 0 Å². The van der Waals surface area contributed by atoms with E-state index in [4.69, 9.17) is 47.4 Å². The second kappa shape index (κ2) is 20.2. The normalized spacial score (nSPS) is 26.9. The molecule has 308 valence electrons. The Kier molecular flexibility index (Phi) is 16.1. The van der Waals surface area contributed by atoms with Gasteiger partial charge in [0.05, 0.1) is 5.56 Å². The van der Waals surface area contributed by atoms with E-state index in [9.17, 15) is 43.2 Å². The Balaban J connectivity index is 1.93. The fraction of sp³-hybridized carbons (Fsp3) is 0.571. The zero-order valence-electron chi connectivity index (χ0n) is 31.8. The summed E-state index contributed by atoms with van der Waals surface area (Å²) in [4.78, 5) is 110. The predicted molar refractivity (Wildman–Crippen MR) is 180 cm³/mol. The molecule has 1 aromatic carbocycles. The highest BCUT2D eigenvalue weighted by molar-refractivity contribution is 5.89. The van der Waals surface area contributed by atoms with Crippen LogP contribution in [0.25, 0.3) is 0 Å². The highest BCUT2D eigenvalue weighted by atomic mass is 16.7. The molecular formula is C35H44N2O19. The Morgan fingerprint density at radius 2 is 0.875 bits per heavy atom. The largest absolute Gasteiger partial charge is 0.463 e. The maximum Gasteiger partial charge on any atom is 0.340 e. The predicted octanol–water partition coefficient (Wildman–Crippen LogP) is -0.466. The van der Waals surface area contributed by atoms with Crippen LogP contribution >= 0.6 is 0 Å². The molecule has 21 heteroatoms. The van der Waals surface area contributed by atoms with Crippen molar-refractivity contribution in [1.82, 2.24) is 10.6 Å². The number of amides is 2. The minimum atomic E-state index is -1.69. The fourth-order valence-corrected chi connectivity index (χ4v) is 5.76. The Morgan fingerprint density at radius 3 is 1.25 bits per heavy atom. The van der Waals surface area contributed by atoms with Gasteiger partial charge in [-0.05, 0) is 24.3 Å². The van der Waals surface area contributed by atoms with E-state index < -0.39 is 128 Å². The summed E-state index contributed by atoms with van der Waals surface area (Å²) in [6.07, 6.45) is -11.4. The van der Waals surface area contributed by atoms with Crippen molar-refractivity contribution in [3.63, 3.8) is 0 Å². The number of hydrogen-bond donors (Lipinski definition) is 2. The van der Waals surface area contributed by atoms with E-state index in [0.717, 1.165) is 48.5 Å². The van der Waals surface area contributed by atoms with Crippen molar-refractivity contribution in [3.8, 4) is 5.75 Å². The van der Waals surface area contributed by atoms with Crippen LogP contribution in [0.4, 0.5) is 0 Å². The van der Waals surface area contributed by atoms with Gasteiger partial charge >= 0.3 is 41.8 Å². The summed E-state index contributed by atoms with van der Waals surface area (Å²) in [5, 5.41) is 5.05. The van der Waals surface area contributed by atoms with E-state index in [1.807, 2.05) is 0 Å². The summed E-state index contributed by atoms with van der Waals surface area (Å²) in [6, 6.07) is 2.42. The molecule has 2 amide bonds. The van der Waals surface area contributed by atoms with E-state index in [2.05, 4.69) is 10.6 Å². The van der Waals surface area contributed by atoms with Gasteiger partial charge in [0.2, 0.25) is 24.4 Å². The SMILES string of the molecule is CC(=O)N[C@@H]1[C@H](Oc2ccc(C(=O)O[C@H]3O[C@@H](COC(C)=O)[C@@H](OC(C)=O)[C@H](OC(C)=O)[C@H]3NC(C)=O)cc2)O[C@@H](COC(C)=O)[C@@H](OC(C)=O)[C@H]1OC(C)=O. The number of hydrogen-bond acceptors (Lipinski definition) is 19. The molecule has 0 radical (unpaired) electrons. The van der Waals surface area contributed by atoms with E-state index in [0.29, 0.717) is 0 Å². The lowest BCUT2D eigenvalue weighted by atomic mass is 9.96. The summed E-state index contributed by atoms with van der Waals surface area (Å²) in [7, 11) is 0. The summed E-state index contributed by atoms with van der Waals surface area (Å²) >= 11 is 0. The van der Waals surface area contributed by atoms with Gasteiger partial charge in [0, 0.05) is 55.4 Å². The third-order valence-electron chi connectivity index (χ3n) is 7.71. The van der Waals surface area contributed by atoms with Gasteiger partial charge in [0.15, 0.2) is 24.4 Å². The minimum Gasteiger partial charge on any atom is -0.463 e. The number of carbonyl (C=O) groups is 9. The molecule has 2 aliphatic rings. The van der Waals surface area contributed by atoms with Gasteiger partial charge in [-0.1, -0.05) is 0 Å². The first-order valence-corrected chi connectivity index (χ1v) is 17.0. The number of rotatable bonds is 14. The Morgan fingerprint density at radius 1 is 0.500 bits per heavy atom. The maximum absolute atomic E-state index is 13.5. The number of carbonyl (C=O) groups excluding carboxylic acids is 9. The molecular weight excluding hydrogens is 752 g/mol. The average molecular weight is 797 g/mol. The third kappa shape index (κ3) is 13.2. The second-order valence-electron chi connectivity index (χ2n) is 12.5. The van der Waals surface area contributed by atoms with E-state index >= 15 is 0 Å². The van der Waals surface area contributed by atoms with Crippen LogP contribution in [0, 0.1) is 0 Å². The number of benzene rings is 1. The lowest BCUT2D eigenvalue weighted by Crippen LogP contribution is -2.67. The first-order valence-electron chi connectivity index (χ1n) is 17.0. The zero-order valence-corrected chi connectivity index (χ0v) is 31.8. The molecule has 0 unspecified atom stereocenters. The van der Waals surface area contributed by atoms with Crippen LogP contribution in [0.5, 0.6) is 5.75 Å². The van der Waals surface area contributed by atoms with Gasteiger partial charge in [0.1, 0.15) is 43.3 Å². The molecule has 56 heavy (non-hydrogen) atoms. The van der Waals surface area contributed by atoms with Crippen molar-refractivity contribution >= 4 is 53.6 Å². The molecule has 3 rings (SSSR count). The number of nitrogens with one attached hydrogen (secondary N) is 2. The molecule has 1 aromatic rings. The van der Waals surface area contributed by atoms with Crippen molar-refractivity contribution in [2.45, 2.75) is 117 Å². The first kappa shape index (κ1) is 44.6. The van der Waals surface area contributed by atoms with Gasteiger partial charge in [-0.15, -0.1) is 0 Å². The van der Waals surface area contributed by atoms with Gasteiger partial charge in [-0.3, -0.25) is 38.4 Å². The third-order valence-corrected chi connectivity index (χ3v) is 7.71. The van der Waals surface area contributed by atoms with Crippen LogP contribution in [0.1, 0.15) is 65.7 Å². The standard InChI is InChI=1S/C35H44N2O19/c1-15(38)36-27-31(51-21(7)44)29(49-19(5)42)25(13-47-17(3)40)54-34(27)53-24-11-9-23(10-12-24)33(46)56-35-28(37-16(2)39)32(52-22(8)45)30(50-20(6)43)26(55-35)14-48-18(4)41/h9-12,25-32,34-35H,13-14H2,1-8H3,(H,36,38)(H,37,39)/t25-,26-,27-,28+,29+,30+,31-,32+,34+,35+/m0/s1. The van der Waals surface area contributed by atoms with E-state index in [-0.39, 0.29) is 11.3 Å². The molecule has 2 fully saturated rings. The molecule has 2 aliphatic heterocycles. The maximum atomic E-state index is 13.5. The monoisotopic (exact) mass is 796 g/mol. The molecule has 0 bridgehead atoms. The van der Waals surface area contributed by atoms with Crippen molar-refractivity contribution in [3.05, 3.63) is 29.8 Å². The lowest BCUT2D eigenvalue weighted by molar-refractivity contribution is -0.263. The van der Waals surface area contributed by atoms with Crippen LogP contribution < -0.4 is 15.4 Å². The quantitative estimate of drug-likeness (QED) is 0.178. The van der Waals surface area contributed by atoms with Crippen LogP contribution in [0.15, 0.2) is 24.3 Å². The highest BCUT2D eigenvalue weighted by Crippen LogP contribution is 2.31. The van der Waals surface area contributed by atoms with Crippen LogP contribution in [0.2, 0.25) is 0 Å². The topological polar surface area (TPSA) is 270 Å². The Labute approximate surface area is 320 Å². The molecule has 2 N–H and O–H groups in total. The summed E-state index contributed by atoms with van der Waals surface area (Å²) < 4.78 is 55.2. The molecule has 2 heterocycles. The molecule has 0 aliphatic carbocycles. The van der Waals surface area contributed by atoms with Crippen molar-refractivity contribution in [1.29, 1.82) is 0 Å². The average Bonchev–Trinajstić information content (AvgIpc) is 3.07. The van der Waals surface area contributed by atoms with Crippen molar-refractivity contribution in [2.24, 2.45) is 0 Å². The van der Waals surface area contributed by atoms with E-state index in [1.165, 1.54) is 31.2 Å². The molecule has 0 saturated carbocycles. The van der Waals surface area contributed by atoms with Gasteiger partial charge in [0.25, 0.3) is 0 Å². The molecule has 10 atom stereocenters. The summed E-state index contributed by atoms with van der Waals surface area (Å²) in [5.41, 5.74) is -0.103. The molecule has 21 nitrogen and oxygen atoms in total. The Bertz CT molecular complexity index is 1650. The number of esters is 7. The minimum absolute atomic E-state index is 0.0336. The van der Waals surface area contributed by atoms with Gasteiger partial charge in [-0.2, -0.15) is 0 Å². The summed E-state index contributed by atoms with van der Waals surface area (Å²) in [6.45, 7) is 7.86. The Hall–Kier alpha value is -5.83. The van der Waals surface area contributed by atoms with Crippen molar-refractivity contribution < 1.29 is 90.5 Å². The molecule has 0 spiro atoms. The smallest absolute Gasteiger partial charge is 0.340 e.